The molecule has 0 radical (unpaired) electrons. The second-order valence-electron chi connectivity index (χ2n) is 10.2. The molecule has 1 aromatic heterocycles. The number of aliphatic hydroxyl groups is 1. The van der Waals surface area contributed by atoms with Crippen LogP contribution in [0.2, 0.25) is 0 Å². The monoisotopic (exact) mass is 536 g/mol. The number of hydrogen-bond acceptors (Lipinski definition) is 4. The van der Waals surface area contributed by atoms with E-state index in [0.29, 0.717) is 25.4 Å². The summed E-state index contributed by atoms with van der Waals surface area (Å²) in [5, 5.41) is 8.91. The Bertz CT molecular complexity index is 1450. The molecule has 0 bridgehead atoms. The Hall–Kier alpha value is -3.89. The van der Waals surface area contributed by atoms with Gasteiger partial charge in [-0.15, -0.1) is 0 Å². The lowest BCUT2D eigenvalue weighted by molar-refractivity contribution is 0.0954. The lowest BCUT2D eigenvalue weighted by Gasteiger charge is -2.07. The zero-order valence-corrected chi connectivity index (χ0v) is 23.9. The van der Waals surface area contributed by atoms with Crippen LogP contribution < -0.4 is 4.74 Å². The van der Waals surface area contributed by atoms with E-state index in [0.717, 1.165) is 65.5 Å². The average molecular weight is 537 g/mol. The van der Waals surface area contributed by atoms with Gasteiger partial charge in [-0.05, 0) is 79.5 Å². The van der Waals surface area contributed by atoms with Crippen molar-refractivity contribution in [3.8, 4) is 16.9 Å². The third kappa shape index (κ3) is 7.61. The molecular formula is C36H40O4. The van der Waals surface area contributed by atoms with Gasteiger partial charge in [0.05, 0.1) is 0 Å². The number of hydrogen-bond donors (Lipinski definition) is 1. The van der Waals surface area contributed by atoms with Crippen molar-refractivity contribution in [1.29, 1.82) is 0 Å². The average Bonchev–Trinajstić information content (AvgIpc) is 3.64. The summed E-state index contributed by atoms with van der Waals surface area (Å²) in [6, 6.07) is 22.9. The molecule has 0 aliphatic heterocycles. The molecule has 208 valence electrons. The van der Waals surface area contributed by atoms with E-state index < -0.39 is 0 Å². The summed E-state index contributed by atoms with van der Waals surface area (Å²) in [6.45, 7) is 7.02. The minimum atomic E-state index is 0.0813. The standard InChI is InChI=1S/C33H32O3.C3H8O/c1-3-29-30-20-17-27(26-15-11-23(2)12-16-26)21-32(30)36-33(29)31(34)10-6-9-24-13-18-28(19-14-24)35-22-25-7-4-5-8-25;1-2-3-4/h4,7-8,11-21H,3,5-6,9-10,22H2,1-2H3;4H,2-3H2,1H3. The highest BCUT2D eigenvalue weighted by molar-refractivity contribution is 6.01. The molecule has 0 atom stereocenters. The number of rotatable bonds is 11. The van der Waals surface area contributed by atoms with Gasteiger partial charge in [-0.2, -0.15) is 0 Å². The Morgan fingerprint density at radius 1 is 0.975 bits per heavy atom. The number of ether oxygens (including phenoxy) is 1. The molecule has 0 unspecified atom stereocenters. The van der Waals surface area contributed by atoms with Crippen molar-refractivity contribution < 1.29 is 19.1 Å². The molecule has 0 amide bonds. The maximum Gasteiger partial charge on any atom is 0.198 e. The minimum Gasteiger partial charge on any atom is -0.489 e. The highest BCUT2D eigenvalue weighted by Crippen LogP contribution is 2.32. The number of allylic oxidation sites excluding steroid dienone is 2. The predicted molar refractivity (Wildman–Crippen MR) is 164 cm³/mol. The van der Waals surface area contributed by atoms with Crippen LogP contribution in [-0.2, 0) is 12.8 Å². The molecule has 40 heavy (non-hydrogen) atoms. The molecule has 0 fully saturated rings. The zero-order chi connectivity index (χ0) is 28.3. The number of carbonyl (C=O) groups is 1. The molecule has 0 saturated heterocycles. The first-order valence-corrected chi connectivity index (χ1v) is 14.4. The first kappa shape index (κ1) is 29.1. The second-order valence-corrected chi connectivity index (χ2v) is 10.2. The number of furan rings is 1. The third-order valence-corrected chi connectivity index (χ3v) is 7.05. The fraction of sp³-hybridized carbons (Fsp3) is 0.306. The van der Waals surface area contributed by atoms with Crippen molar-refractivity contribution in [3.63, 3.8) is 0 Å². The normalized spacial score (nSPS) is 12.2. The highest BCUT2D eigenvalue weighted by Gasteiger charge is 2.19. The number of carbonyl (C=O) groups excluding carboxylic acids is 1. The molecule has 4 heteroatoms. The largest absolute Gasteiger partial charge is 0.489 e. The van der Waals surface area contributed by atoms with Crippen LogP contribution in [0.5, 0.6) is 5.75 Å². The number of benzene rings is 3. The molecule has 1 heterocycles. The molecule has 1 N–H and O–H groups in total. The van der Waals surface area contributed by atoms with Gasteiger partial charge in [0.15, 0.2) is 11.5 Å². The lowest BCUT2D eigenvalue weighted by Crippen LogP contribution is -2.02. The van der Waals surface area contributed by atoms with Crippen LogP contribution in [0.1, 0.15) is 66.8 Å². The fourth-order valence-corrected chi connectivity index (χ4v) is 4.75. The summed E-state index contributed by atoms with van der Waals surface area (Å²) in [5.41, 5.74) is 7.71. The van der Waals surface area contributed by atoms with Gasteiger partial charge in [0, 0.05) is 24.0 Å². The van der Waals surface area contributed by atoms with E-state index in [-0.39, 0.29) is 5.78 Å². The number of Topliss-reactive ketones (excluding diaryl/α,β-unsaturated/α-hetero) is 1. The topological polar surface area (TPSA) is 59.7 Å². The Balaban J connectivity index is 0.000000867. The second kappa shape index (κ2) is 14.5. The van der Waals surface area contributed by atoms with E-state index in [1.165, 1.54) is 16.7 Å². The van der Waals surface area contributed by atoms with E-state index in [9.17, 15) is 4.79 Å². The van der Waals surface area contributed by atoms with Crippen LogP contribution in [-0.4, -0.2) is 24.1 Å². The van der Waals surface area contributed by atoms with Crippen molar-refractivity contribution in [2.45, 2.75) is 59.3 Å². The van der Waals surface area contributed by atoms with Crippen LogP contribution in [0.3, 0.4) is 0 Å². The maximum atomic E-state index is 13.1. The van der Waals surface area contributed by atoms with Gasteiger partial charge in [-0.25, -0.2) is 0 Å². The molecule has 0 saturated carbocycles. The molecule has 1 aliphatic rings. The Morgan fingerprint density at radius 2 is 1.70 bits per heavy atom. The number of aliphatic hydroxyl groups excluding tert-OH is 1. The molecule has 4 aromatic rings. The van der Waals surface area contributed by atoms with Crippen molar-refractivity contribution >= 4 is 16.8 Å². The first-order valence-electron chi connectivity index (χ1n) is 14.4. The van der Waals surface area contributed by atoms with Gasteiger partial charge >= 0.3 is 0 Å². The molecular weight excluding hydrogens is 496 g/mol. The van der Waals surface area contributed by atoms with E-state index in [1.54, 1.807) is 0 Å². The Kier molecular flexibility index (Phi) is 10.5. The molecule has 3 aromatic carbocycles. The molecule has 1 aliphatic carbocycles. The lowest BCUT2D eigenvalue weighted by atomic mass is 9.99. The van der Waals surface area contributed by atoms with Crippen molar-refractivity contribution in [3.05, 3.63) is 113 Å². The van der Waals surface area contributed by atoms with Crippen LogP contribution in [0.4, 0.5) is 0 Å². The van der Waals surface area contributed by atoms with E-state index in [2.05, 4.69) is 86.7 Å². The first-order chi connectivity index (χ1) is 19.5. The summed E-state index contributed by atoms with van der Waals surface area (Å²) >= 11 is 0. The van der Waals surface area contributed by atoms with Gasteiger partial charge < -0.3 is 14.3 Å². The summed E-state index contributed by atoms with van der Waals surface area (Å²) < 4.78 is 12.0. The SMILES string of the molecule is CCCO.CCc1c(C(=O)CCCc2ccc(OCC3=CCC=C3)cc2)oc2cc(-c3ccc(C)cc3)ccc12. The smallest absolute Gasteiger partial charge is 0.198 e. The van der Waals surface area contributed by atoms with Gasteiger partial charge in [-0.1, -0.05) is 86.2 Å². The number of aryl methyl sites for hydroxylation is 3. The van der Waals surface area contributed by atoms with E-state index >= 15 is 0 Å². The quantitative estimate of drug-likeness (QED) is 0.195. The summed E-state index contributed by atoms with van der Waals surface area (Å²) in [5.74, 6) is 1.47. The van der Waals surface area contributed by atoms with Gasteiger partial charge in [0.1, 0.15) is 17.9 Å². The summed E-state index contributed by atoms with van der Waals surface area (Å²) in [4.78, 5) is 13.1. The maximum absolute atomic E-state index is 13.1. The van der Waals surface area contributed by atoms with Crippen molar-refractivity contribution in [1.82, 2.24) is 0 Å². The Labute approximate surface area is 238 Å². The van der Waals surface area contributed by atoms with Crippen LogP contribution >= 0.6 is 0 Å². The van der Waals surface area contributed by atoms with Crippen molar-refractivity contribution in [2.24, 2.45) is 0 Å². The molecule has 0 spiro atoms. The minimum absolute atomic E-state index is 0.0813. The molecule has 4 nitrogen and oxygen atoms in total. The molecule has 5 rings (SSSR count). The van der Waals surface area contributed by atoms with Gasteiger partial charge in [-0.3, -0.25) is 4.79 Å². The highest BCUT2D eigenvalue weighted by atomic mass is 16.5. The summed E-state index contributed by atoms with van der Waals surface area (Å²) in [6.07, 6.45) is 11.2. The zero-order valence-electron chi connectivity index (χ0n) is 23.9. The predicted octanol–water partition coefficient (Wildman–Crippen LogP) is 8.83. The van der Waals surface area contributed by atoms with Crippen LogP contribution in [0.15, 0.2) is 94.9 Å². The Morgan fingerprint density at radius 3 is 2.35 bits per heavy atom. The van der Waals surface area contributed by atoms with Crippen LogP contribution in [0.25, 0.3) is 22.1 Å². The van der Waals surface area contributed by atoms with Gasteiger partial charge in [0.25, 0.3) is 0 Å². The van der Waals surface area contributed by atoms with E-state index in [1.807, 2.05) is 19.1 Å². The number of fused-ring (bicyclic) bond motifs is 1. The van der Waals surface area contributed by atoms with Crippen LogP contribution in [0, 0.1) is 6.92 Å². The third-order valence-electron chi connectivity index (χ3n) is 7.05. The summed E-state index contributed by atoms with van der Waals surface area (Å²) in [7, 11) is 0. The fourth-order valence-electron chi connectivity index (χ4n) is 4.75. The number of ketones is 1. The van der Waals surface area contributed by atoms with Gasteiger partial charge in [0.2, 0.25) is 0 Å². The van der Waals surface area contributed by atoms with E-state index in [4.69, 9.17) is 14.3 Å². The van der Waals surface area contributed by atoms with Crippen molar-refractivity contribution in [2.75, 3.05) is 13.2 Å².